The zero-order chi connectivity index (χ0) is 43.7. The number of fused-ring (bicyclic) bond motifs is 5. The van der Waals surface area contributed by atoms with Crippen LogP contribution in [-0.4, -0.2) is 117 Å². The van der Waals surface area contributed by atoms with E-state index in [4.69, 9.17) is 23.9 Å². The van der Waals surface area contributed by atoms with Crippen LogP contribution in [0.5, 0.6) is 17.2 Å². The lowest BCUT2D eigenvalue weighted by atomic mass is 10.1. The van der Waals surface area contributed by atoms with Gasteiger partial charge >= 0.3 is 6.09 Å². The molecule has 2 saturated heterocycles. The summed E-state index contributed by atoms with van der Waals surface area (Å²) in [6, 6.07) is 6.06. The second-order valence-corrected chi connectivity index (χ2v) is 19.3. The predicted octanol–water partition coefficient (Wildman–Crippen LogP) is 7.73. The van der Waals surface area contributed by atoms with Crippen molar-refractivity contribution in [2.75, 3.05) is 44.9 Å². The van der Waals surface area contributed by atoms with E-state index >= 15 is 0 Å². The van der Waals surface area contributed by atoms with Gasteiger partial charge in [-0.1, -0.05) is 41.7 Å². The number of unbranched alkanes of at least 4 members (excludes halogenated alkanes) is 2. The standard InChI is InChI=1S/C45H49N7O8S2/c1-26-12-30-19-47-33-16-40(39(57-6)15-31(33)28(3)50(30)21-26)59-11-9-7-8-10-58-38-18-36-32(14-29(38)23-53)42(54)51-22-27(2)13-37(51)43(55)52(36)44(56)60-24-45(4,5)62-61-41-17-34-35(49-41)20-46-25-48-34/h14-16,18-20,23,25,30,37,43,55H,1-3,7-13,17,21-22,24H2,4-6H3/t30-,37-,43?/m0/s1. The highest BCUT2D eigenvalue weighted by atomic mass is 33.1. The molecule has 3 aromatic rings. The maximum absolute atomic E-state index is 14.1. The minimum absolute atomic E-state index is 0.0183. The maximum Gasteiger partial charge on any atom is 0.416 e. The lowest BCUT2D eigenvalue weighted by molar-refractivity contribution is 0.0486. The normalized spacial score (nSPS) is 20.2. The van der Waals surface area contributed by atoms with Crippen molar-refractivity contribution in [3.63, 3.8) is 0 Å². The van der Waals surface area contributed by atoms with Crippen molar-refractivity contribution < 1.29 is 38.4 Å². The number of aliphatic imine (C=N–C) groups is 2. The molecular weight excluding hydrogens is 831 g/mol. The predicted molar refractivity (Wildman–Crippen MR) is 242 cm³/mol. The summed E-state index contributed by atoms with van der Waals surface area (Å²) in [5, 5.41) is 12.7. The molecule has 324 valence electrons. The van der Waals surface area contributed by atoms with Gasteiger partial charge in [0.1, 0.15) is 24.4 Å². The van der Waals surface area contributed by atoms with Crippen molar-refractivity contribution >= 4 is 73.9 Å². The third-order valence-electron chi connectivity index (χ3n) is 11.3. The summed E-state index contributed by atoms with van der Waals surface area (Å²) >= 11 is 0. The fourth-order valence-electron chi connectivity index (χ4n) is 8.08. The lowest BCUT2D eigenvalue weighted by Gasteiger charge is -2.32. The number of aldehydes is 1. The monoisotopic (exact) mass is 879 g/mol. The minimum Gasteiger partial charge on any atom is -0.493 e. The molecule has 2 amide bonds. The first-order valence-electron chi connectivity index (χ1n) is 20.5. The van der Waals surface area contributed by atoms with Crippen LogP contribution >= 0.6 is 21.6 Å². The number of hydrogen-bond acceptors (Lipinski definition) is 15. The summed E-state index contributed by atoms with van der Waals surface area (Å²) in [7, 11) is 4.58. The van der Waals surface area contributed by atoms with Gasteiger partial charge in [0.15, 0.2) is 24.0 Å². The molecule has 8 rings (SSSR count). The Labute approximate surface area is 368 Å². The number of carbonyl (C=O) groups is 3. The number of aliphatic hydroxyl groups is 1. The van der Waals surface area contributed by atoms with E-state index in [0.717, 1.165) is 68.8 Å². The number of anilines is 1. The van der Waals surface area contributed by atoms with Gasteiger partial charge in [-0.3, -0.25) is 14.6 Å². The fourth-order valence-corrected chi connectivity index (χ4v) is 10.2. The number of benzene rings is 2. The van der Waals surface area contributed by atoms with Crippen LogP contribution in [0, 0.1) is 0 Å². The Hall–Kier alpha value is -5.65. The molecule has 0 aliphatic carbocycles. The van der Waals surface area contributed by atoms with Gasteiger partial charge in [-0.15, -0.1) is 0 Å². The van der Waals surface area contributed by atoms with Crippen molar-refractivity contribution in [1.82, 2.24) is 19.8 Å². The highest BCUT2D eigenvalue weighted by Crippen LogP contribution is 2.44. The van der Waals surface area contributed by atoms with E-state index in [-0.39, 0.29) is 48.4 Å². The van der Waals surface area contributed by atoms with Crippen LogP contribution in [0.15, 0.2) is 77.7 Å². The zero-order valence-electron chi connectivity index (χ0n) is 35.0. The number of carbonyl (C=O) groups excluding carboxylic acids is 3. The summed E-state index contributed by atoms with van der Waals surface area (Å²) in [4.78, 5) is 63.0. The number of aliphatic hydroxyl groups excluding tert-OH is 1. The molecule has 3 atom stereocenters. The molecule has 6 heterocycles. The topological polar surface area (TPSA) is 169 Å². The molecule has 0 bridgehead atoms. The molecule has 17 heteroatoms. The van der Waals surface area contributed by atoms with Crippen molar-refractivity contribution in [2.24, 2.45) is 9.98 Å². The summed E-state index contributed by atoms with van der Waals surface area (Å²) in [5.41, 5.74) is 6.35. The zero-order valence-corrected chi connectivity index (χ0v) is 36.6. The molecule has 0 spiro atoms. The number of aromatic nitrogens is 2. The molecule has 62 heavy (non-hydrogen) atoms. The number of amides is 2. The lowest BCUT2D eigenvalue weighted by Crippen LogP contribution is -2.51. The molecule has 1 unspecified atom stereocenters. The molecule has 5 aliphatic rings. The SMILES string of the molecule is C=C1C[C@H]2C=Nc3cc(OCCCCCOc4cc5c(cc4C=O)C(=O)N4CC(=C)C[C@H]4C(O)N5C(=O)OCC(C)(C)SSC4=Nc5cncnc5C4)c(OC)cc3C(=C)N2C1. The summed E-state index contributed by atoms with van der Waals surface area (Å²) in [5.74, 6) is 0.926. The van der Waals surface area contributed by atoms with Crippen molar-refractivity contribution in [1.29, 1.82) is 0 Å². The van der Waals surface area contributed by atoms with Gasteiger partial charge in [0.2, 0.25) is 0 Å². The first-order valence-corrected chi connectivity index (χ1v) is 22.6. The third-order valence-corrected chi connectivity index (χ3v) is 14.5. The first-order chi connectivity index (χ1) is 29.8. The molecule has 1 N–H and O–H groups in total. The van der Waals surface area contributed by atoms with Gasteiger partial charge < -0.3 is 33.9 Å². The number of hydrogen-bond donors (Lipinski definition) is 1. The summed E-state index contributed by atoms with van der Waals surface area (Å²) in [6.07, 6.45) is 7.24. The Balaban J connectivity index is 0.903. The van der Waals surface area contributed by atoms with Gasteiger partial charge in [0.05, 0.1) is 76.6 Å². The van der Waals surface area contributed by atoms with Crippen molar-refractivity contribution in [2.45, 2.75) is 75.4 Å². The van der Waals surface area contributed by atoms with Gasteiger partial charge in [-0.2, -0.15) is 0 Å². The van der Waals surface area contributed by atoms with E-state index in [0.29, 0.717) is 50.1 Å². The highest BCUT2D eigenvalue weighted by molar-refractivity contribution is 8.82. The Morgan fingerprint density at radius 3 is 2.48 bits per heavy atom. The smallest absolute Gasteiger partial charge is 0.416 e. The maximum atomic E-state index is 14.1. The van der Waals surface area contributed by atoms with Gasteiger partial charge in [-0.05, 0) is 68.9 Å². The molecular formula is C45H49N7O8S2. The summed E-state index contributed by atoms with van der Waals surface area (Å²) in [6.45, 7) is 18.0. The van der Waals surface area contributed by atoms with Crippen LogP contribution in [0.4, 0.5) is 21.9 Å². The molecule has 0 radical (unpaired) electrons. The second-order valence-electron chi connectivity index (χ2n) is 16.4. The molecule has 1 aromatic heterocycles. The van der Waals surface area contributed by atoms with E-state index in [1.54, 1.807) is 13.3 Å². The summed E-state index contributed by atoms with van der Waals surface area (Å²) < 4.78 is 23.3. The van der Waals surface area contributed by atoms with Gasteiger partial charge in [0.25, 0.3) is 5.91 Å². The fraction of sp³-hybridized carbons (Fsp3) is 0.400. The van der Waals surface area contributed by atoms with Crippen LogP contribution < -0.4 is 19.1 Å². The number of ether oxygens (including phenoxy) is 4. The van der Waals surface area contributed by atoms with E-state index < -0.39 is 29.0 Å². The molecule has 15 nitrogen and oxygen atoms in total. The van der Waals surface area contributed by atoms with Crippen LogP contribution in [-0.2, 0) is 11.2 Å². The van der Waals surface area contributed by atoms with E-state index in [1.807, 2.05) is 32.2 Å². The van der Waals surface area contributed by atoms with Crippen LogP contribution in [0.3, 0.4) is 0 Å². The van der Waals surface area contributed by atoms with E-state index in [2.05, 4.69) is 39.6 Å². The van der Waals surface area contributed by atoms with E-state index in [1.165, 1.54) is 44.9 Å². The molecule has 2 aromatic carbocycles. The Morgan fingerprint density at radius 1 is 0.968 bits per heavy atom. The molecule has 0 saturated carbocycles. The Kier molecular flexibility index (Phi) is 12.5. The quantitative estimate of drug-likeness (QED) is 0.0724. The van der Waals surface area contributed by atoms with Gasteiger partial charge in [0, 0.05) is 49.1 Å². The number of rotatable bonds is 14. The van der Waals surface area contributed by atoms with Crippen molar-refractivity contribution in [3.05, 3.63) is 90.1 Å². The van der Waals surface area contributed by atoms with Gasteiger partial charge in [-0.25, -0.2) is 24.7 Å². The minimum atomic E-state index is -1.46. The Morgan fingerprint density at radius 2 is 1.73 bits per heavy atom. The molecule has 2 fully saturated rings. The van der Waals surface area contributed by atoms with Crippen LogP contribution in [0.25, 0.3) is 5.70 Å². The largest absolute Gasteiger partial charge is 0.493 e. The highest BCUT2D eigenvalue weighted by Gasteiger charge is 2.46. The van der Waals surface area contributed by atoms with Crippen molar-refractivity contribution in [3.8, 4) is 17.2 Å². The van der Waals surface area contributed by atoms with E-state index in [9.17, 15) is 19.5 Å². The second kappa shape index (κ2) is 18.0. The number of nitrogens with zero attached hydrogens (tertiary/aromatic N) is 7. The number of methoxy groups -OCH3 is 1. The average molecular weight is 880 g/mol. The van der Waals surface area contributed by atoms with Crippen LogP contribution in [0.1, 0.15) is 77.9 Å². The molecule has 5 aliphatic heterocycles. The third kappa shape index (κ3) is 8.83. The van der Waals surface area contributed by atoms with Crippen LogP contribution in [0.2, 0.25) is 0 Å². The Bertz CT molecular complexity index is 2400. The average Bonchev–Trinajstić information content (AvgIpc) is 3.95. The first kappa shape index (κ1) is 43.0.